The summed E-state index contributed by atoms with van der Waals surface area (Å²) in [4.78, 5) is 9.46. The monoisotopic (exact) mass is 159 g/mol. The molecule has 0 aliphatic rings. The van der Waals surface area contributed by atoms with Crippen molar-refractivity contribution < 1.29 is 4.92 Å². The second-order valence-electron chi connectivity index (χ2n) is 1.40. The first kappa shape index (κ1) is 8.91. The molecule has 0 bridgehead atoms. The summed E-state index contributed by atoms with van der Waals surface area (Å²) in [6, 6.07) is 0. The van der Waals surface area contributed by atoms with Crippen LogP contribution in [0, 0.1) is 10.1 Å². The van der Waals surface area contributed by atoms with Gasteiger partial charge in [-0.05, 0) is 6.08 Å². The van der Waals surface area contributed by atoms with Crippen LogP contribution in [-0.4, -0.2) is 4.92 Å². The molecule has 0 spiro atoms. The minimum atomic E-state index is -0.614. The number of halogens is 1. The van der Waals surface area contributed by atoms with E-state index in [9.17, 15) is 10.1 Å². The maximum Gasteiger partial charge on any atom is 0.287 e. The Morgan fingerprint density at radius 1 is 1.50 bits per heavy atom. The first-order valence-corrected chi connectivity index (χ1v) is 2.80. The van der Waals surface area contributed by atoms with Crippen molar-refractivity contribution in [1.29, 1.82) is 0 Å². The van der Waals surface area contributed by atoms with Crippen LogP contribution in [0.1, 0.15) is 0 Å². The lowest BCUT2D eigenvalue weighted by Gasteiger charge is -1.89. The molecule has 0 heterocycles. The van der Waals surface area contributed by atoms with Crippen molar-refractivity contribution in [1.82, 2.24) is 0 Å². The van der Waals surface area contributed by atoms with Crippen LogP contribution in [0.3, 0.4) is 0 Å². The van der Waals surface area contributed by atoms with Crippen molar-refractivity contribution in [3.05, 3.63) is 46.2 Å². The van der Waals surface area contributed by atoms with Crippen molar-refractivity contribution in [2.45, 2.75) is 0 Å². The minimum Gasteiger partial charge on any atom is -0.258 e. The standard InChI is InChI=1S/C6H6ClNO2/c1-3-5(7)6(4-2)8(9)10/h3-4H,1-2H2/b6-5-. The molecule has 0 saturated carbocycles. The van der Waals surface area contributed by atoms with Gasteiger partial charge >= 0.3 is 0 Å². The SMILES string of the molecule is C=C/C(Cl)=C(\C=C)[N+](=O)[O-]. The summed E-state index contributed by atoms with van der Waals surface area (Å²) in [5.74, 6) is 0. The Hall–Kier alpha value is -1.09. The first-order chi connectivity index (χ1) is 4.63. The summed E-state index contributed by atoms with van der Waals surface area (Å²) >= 11 is 5.38. The highest BCUT2D eigenvalue weighted by Crippen LogP contribution is 2.11. The quantitative estimate of drug-likeness (QED) is 0.360. The van der Waals surface area contributed by atoms with Crippen molar-refractivity contribution in [3.8, 4) is 0 Å². The van der Waals surface area contributed by atoms with E-state index < -0.39 is 4.92 Å². The summed E-state index contributed by atoms with van der Waals surface area (Å²) in [5, 5.41) is 10.1. The first-order valence-electron chi connectivity index (χ1n) is 2.42. The van der Waals surface area contributed by atoms with Gasteiger partial charge in [0.05, 0.1) is 4.92 Å². The highest BCUT2D eigenvalue weighted by molar-refractivity contribution is 6.31. The van der Waals surface area contributed by atoms with Crippen LogP contribution in [0.4, 0.5) is 0 Å². The lowest BCUT2D eigenvalue weighted by molar-refractivity contribution is -0.419. The van der Waals surface area contributed by atoms with E-state index in [2.05, 4.69) is 13.2 Å². The number of nitrogens with zero attached hydrogens (tertiary/aromatic N) is 1. The normalized spacial score (nSPS) is 11.7. The molecule has 0 fully saturated rings. The molecule has 0 unspecified atom stereocenters. The summed E-state index contributed by atoms with van der Waals surface area (Å²) in [5.41, 5.74) is -0.225. The summed E-state index contributed by atoms with van der Waals surface area (Å²) in [6.45, 7) is 6.49. The van der Waals surface area contributed by atoms with E-state index in [4.69, 9.17) is 11.6 Å². The Morgan fingerprint density at radius 3 is 2.10 bits per heavy atom. The van der Waals surface area contributed by atoms with Crippen molar-refractivity contribution in [3.63, 3.8) is 0 Å². The molecule has 0 aromatic carbocycles. The van der Waals surface area contributed by atoms with Crippen LogP contribution >= 0.6 is 11.6 Å². The lowest BCUT2D eigenvalue weighted by atomic mass is 10.4. The number of allylic oxidation sites excluding steroid dienone is 3. The molecule has 54 valence electrons. The van der Waals surface area contributed by atoms with Gasteiger partial charge in [-0.2, -0.15) is 0 Å². The van der Waals surface area contributed by atoms with Gasteiger partial charge in [0.1, 0.15) is 5.03 Å². The molecule has 0 saturated heterocycles. The Kier molecular flexibility index (Phi) is 3.43. The second kappa shape index (κ2) is 3.85. The van der Waals surface area contributed by atoms with Gasteiger partial charge in [-0.15, -0.1) is 0 Å². The number of nitro groups is 1. The fourth-order valence-corrected chi connectivity index (χ4v) is 0.510. The van der Waals surface area contributed by atoms with E-state index in [1.165, 1.54) is 6.08 Å². The Labute approximate surface area is 63.5 Å². The predicted octanol–water partition coefficient (Wildman–Crippen LogP) is 2.09. The van der Waals surface area contributed by atoms with Gasteiger partial charge in [-0.25, -0.2) is 0 Å². The predicted molar refractivity (Wildman–Crippen MR) is 40.3 cm³/mol. The maximum absolute atomic E-state index is 10.1. The zero-order valence-corrected chi connectivity index (χ0v) is 5.97. The zero-order valence-electron chi connectivity index (χ0n) is 5.21. The van der Waals surface area contributed by atoms with Gasteiger partial charge in [0.15, 0.2) is 0 Å². The van der Waals surface area contributed by atoms with Gasteiger partial charge < -0.3 is 0 Å². The van der Waals surface area contributed by atoms with Gasteiger partial charge in [-0.3, -0.25) is 10.1 Å². The molecule has 0 atom stereocenters. The molecule has 3 nitrogen and oxygen atoms in total. The maximum atomic E-state index is 10.1. The molecule has 0 aromatic rings. The van der Waals surface area contributed by atoms with Gasteiger partial charge in [0.25, 0.3) is 5.70 Å². The molecule has 0 amide bonds. The van der Waals surface area contributed by atoms with Gasteiger partial charge in [0, 0.05) is 6.08 Å². The molecule has 0 N–H and O–H groups in total. The van der Waals surface area contributed by atoms with E-state index in [1.54, 1.807) is 0 Å². The van der Waals surface area contributed by atoms with Crippen molar-refractivity contribution in [2.24, 2.45) is 0 Å². The van der Waals surface area contributed by atoms with Gasteiger partial charge in [0.2, 0.25) is 0 Å². The average molecular weight is 160 g/mol. The third-order valence-corrected chi connectivity index (χ3v) is 1.16. The third-order valence-electron chi connectivity index (χ3n) is 0.814. The van der Waals surface area contributed by atoms with Crippen molar-refractivity contribution >= 4 is 11.6 Å². The minimum absolute atomic E-state index is 0.000000000000000444. The smallest absolute Gasteiger partial charge is 0.258 e. The van der Waals surface area contributed by atoms with E-state index in [-0.39, 0.29) is 10.7 Å². The molecule has 0 aliphatic heterocycles. The Morgan fingerprint density at radius 2 is 2.00 bits per heavy atom. The number of rotatable bonds is 3. The Bertz CT molecular complexity index is 208. The lowest BCUT2D eigenvalue weighted by Crippen LogP contribution is -1.95. The highest BCUT2D eigenvalue weighted by Gasteiger charge is 2.08. The molecule has 0 aromatic heterocycles. The van der Waals surface area contributed by atoms with Crippen LogP contribution in [0.15, 0.2) is 36.0 Å². The molecule has 0 radical (unpaired) electrons. The molecular formula is C6H6ClNO2. The van der Waals surface area contributed by atoms with E-state index in [0.29, 0.717) is 0 Å². The topological polar surface area (TPSA) is 43.1 Å². The third kappa shape index (κ3) is 2.03. The van der Waals surface area contributed by atoms with Crippen LogP contribution < -0.4 is 0 Å². The Balaban J connectivity index is 4.79. The molecule has 0 rings (SSSR count). The molecular weight excluding hydrogens is 154 g/mol. The fourth-order valence-electron chi connectivity index (χ4n) is 0.364. The molecule has 10 heavy (non-hydrogen) atoms. The van der Waals surface area contributed by atoms with Crippen LogP contribution in [0.2, 0.25) is 0 Å². The van der Waals surface area contributed by atoms with Crippen LogP contribution in [0.25, 0.3) is 0 Å². The second-order valence-corrected chi connectivity index (χ2v) is 1.81. The van der Waals surface area contributed by atoms with Crippen molar-refractivity contribution in [2.75, 3.05) is 0 Å². The fraction of sp³-hybridized carbons (Fsp3) is 0. The van der Waals surface area contributed by atoms with E-state index >= 15 is 0 Å². The zero-order chi connectivity index (χ0) is 8.15. The number of hydrogen-bond donors (Lipinski definition) is 0. The highest BCUT2D eigenvalue weighted by atomic mass is 35.5. The summed E-state index contributed by atoms with van der Waals surface area (Å²) in [7, 11) is 0. The van der Waals surface area contributed by atoms with E-state index in [1.807, 2.05) is 0 Å². The largest absolute Gasteiger partial charge is 0.287 e. The van der Waals surface area contributed by atoms with Crippen LogP contribution in [-0.2, 0) is 0 Å². The van der Waals surface area contributed by atoms with Crippen LogP contribution in [0.5, 0.6) is 0 Å². The summed E-state index contributed by atoms with van der Waals surface area (Å²) in [6.07, 6.45) is 2.27. The van der Waals surface area contributed by atoms with E-state index in [0.717, 1.165) is 6.08 Å². The molecule has 0 aliphatic carbocycles. The summed E-state index contributed by atoms with van der Waals surface area (Å²) < 4.78 is 0. The average Bonchev–Trinajstić information content (AvgIpc) is 1.88. The number of hydrogen-bond acceptors (Lipinski definition) is 2. The molecule has 4 heteroatoms. The van der Waals surface area contributed by atoms with Gasteiger partial charge in [-0.1, -0.05) is 24.8 Å².